The van der Waals surface area contributed by atoms with Gasteiger partial charge >= 0.3 is 0 Å². The summed E-state index contributed by atoms with van der Waals surface area (Å²) in [6.45, 7) is 8.03. The maximum Gasteiger partial charge on any atom is 0.251 e. The van der Waals surface area contributed by atoms with Crippen LogP contribution in [0.5, 0.6) is 0 Å². The number of carbonyl (C=O) groups is 1. The van der Waals surface area contributed by atoms with Crippen LogP contribution in [0.25, 0.3) is 0 Å². The molecule has 0 aromatic heterocycles. The minimum Gasteiger partial charge on any atom is -0.387 e. The summed E-state index contributed by atoms with van der Waals surface area (Å²) >= 11 is 0. The molecule has 3 aromatic carbocycles. The highest BCUT2D eigenvalue weighted by molar-refractivity contribution is 5.98. The molecular weight excluding hydrogens is 430 g/mol. The third-order valence-corrected chi connectivity index (χ3v) is 5.61. The predicted octanol–water partition coefficient (Wildman–Crippen LogP) is 6.21. The van der Waals surface area contributed by atoms with E-state index in [4.69, 9.17) is 4.99 Å². The number of allylic oxidation sites excluding steroid dienone is 1. The fourth-order valence-corrected chi connectivity index (χ4v) is 3.60. The molecule has 0 saturated heterocycles. The quantitative estimate of drug-likeness (QED) is 0.329. The summed E-state index contributed by atoms with van der Waals surface area (Å²) in [5.41, 5.74) is 5.28. The zero-order chi connectivity index (χ0) is 24.9. The van der Waals surface area contributed by atoms with Gasteiger partial charge in [0.2, 0.25) is 0 Å². The molecule has 1 amide bonds. The standard InChI is InChI=1S/C31H37N3O/c1-31(2,3)19-20-32-28(21-25-13-7-4-8-14-25)23-33-29(22-26-15-9-5-10-16-26)24-34-30(35)27-17-11-6-12-18-27/h4-18,23,32H,19-22,24H2,1-3H3,(H,34,35)/b28-23-,33-29?. The van der Waals surface area contributed by atoms with Gasteiger partial charge < -0.3 is 10.6 Å². The maximum absolute atomic E-state index is 12.6. The smallest absolute Gasteiger partial charge is 0.251 e. The van der Waals surface area contributed by atoms with Gasteiger partial charge in [0.1, 0.15) is 0 Å². The van der Waals surface area contributed by atoms with E-state index in [0.29, 0.717) is 18.5 Å². The van der Waals surface area contributed by atoms with Crippen LogP contribution < -0.4 is 10.6 Å². The lowest BCUT2D eigenvalue weighted by Gasteiger charge is -2.19. The Kier molecular flexibility index (Phi) is 9.85. The highest BCUT2D eigenvalue weighted by Gasteiger charge is 2.11. The van der Waals surface area contributed by atoms with Crippen LogP contribution in [0.2, 0.25) is 0 Å². The average molecular weight is 468 g/mol. The van der Waals surface area contributed by atoms with Crippen LogP contribution in [0.1, 0.15) is 48.7 Å². The minimum absolute atomic E-state index is 0.0943. The van der Waals surface area contributed by atoms with Gasteiger partial charge in [-0.3, -0.25) is 9.79 Å². The Morgan fingerprint density at radius 1 is 0.771 bits per heavy atom. The molecule has 2 N–H and O–H groups in total. The number of benzene rings is 3. The molecule has 4 nitrogen and oxygen atoms in total. The first-order valence-corrected chi connectivity index (χ1v) is 12.3. The van der Waals surface area contributed by atoms with Crippen LogP contribution >= 0.6 is 0 Å². The lowest BCUT2D eigenvalue weighted by Crippen LogP contribution is -2.30. The van der Waals surface area contributed by atoms with Crippen LogP contribution in [-0.4, -0.2) is 24.7 Å². The van der Waals surface area contributed by atoms with Crippen LogP contribution in [0, 0.1) is 5.41 Å². The van der Waals surface area contributed by atoms with Crippen molar-refractivity contribution in [2.24, 2.45) is 10.4 Å². The van der Waals surface area contributed by atoms with E-state index >= 15 is 0 Å². The van der Waals surface area contributed by atoms with Crippen LogP contribution in [-0.2, 0) is 12.8 Å². The number of carbonyl (C=O) groups excluding carboxylic acids is 1. The fraction of sp³-hybridized carbons (Fsp3) is 0.290. The Morgan fingerprint density at radius 3 is 1.89 bits per heavy atom. The molecular formula is C31H37N3O. The summed E-state index contributed by atoms with van der Waals surface area (Å²) in [4.78, 5) is 17.5. The molecule has 0 radical (unpaired) electrons. The Hall–Kier alpha value is -3.66. The Balaban J connectivity index is 1.79. The van der Waals surface area contributed by atoms with Crippen molar-refractivity contribution in [3.8, 4) is 0 Å². The van der Waals surface area contributed by atoms with Gasteiger partial charge in [-0.05, 0) is 35.1 Å². The highest BCUT2D eigenvalue weighted by atomic mass is 16.1. The second-order valence-corrected chi connectivity index (χ2v) is 9.96. The SMILES string of the molecule is CC(C)(C)CCN/C(=C\N=C(CNC(=O)c1ccccc1)Cc1ccccc1)Cc1ccccc1. The Labute approximate surface area is 210 Å². The first-order chi connectivity index (χ1) is 16.9. The van der Waals surface area contributed by atoms with Gasteiger partial charge in [-0.2, -0.15) is 0 Å². The van der Waals surface area contributed by atoms with Crippen molar-refractivity contribution in [3.63, 3.8) is 0 Å². The molecule has 0 bridgehead atoms. The number of rotatable bonds is 11. The van der Waals surface area contributed by atoms with E-state index in [1.807, 2.05) is 60.8 Å². The number of hydrogen-bond acceptors (Lipinski definition) is 3. The second-order valence-electron chi connectivity index (χ2n) is 9.96. The van der Waals surface area contributed by atoms with Crippen molar-refractivity contribution in [1.82, 2.24) is 10.6 Å². The molecule has 0 saturated carbocycles. The molecule has 0 aliphatic heterocycles. The van der Waals surface area contributed by atoms with Gasteiger partial charge in [0, 0.05) is 42.6 Å². The summed E-state index contributed by atoms with van der Waals surface area (Å²) in [6, 6.07) is 29.9. The molecule has 0 aliphatic rings. The first kappa shape index (κ1) is 26.0. The van der Waals surface area contributed by atoms with E-state index in [2.05, 4.69) is 67.8 Å². The highest BCUT2D eigenvalue weighted by Crippen LogP contribution is 2.17. The van der Waals surface area contributed by atoms with E-state index in [1.165, 1.54) is 11.1 Å². The third-order valence-electron chi connectivity index (χ3n) is 5.61. The summed E-state index contributed by atoms with van der Waals surface area (Å²) in [7, 11) is 0. The van der Waals surface area contributed by atoms with Gasteiger partial charge in [0.05, 0.1) is 6.54 Å². The molecule has 3 aromatic rings. The lowest BCUT2D eigenvalue weighted by molar-refractivity contribution is 0.0959. The zero-order valence-electron chi connectivity index (χ0n) is 21.1. The molecule has 35 heavy (non-hydrogen) atoms. The zero-order valence-corrected chi connectivity index (χ0v) is 21.1. The van der Waals surface area contributed by atoms with Crippen molar-refractivity contribution in [1.29, 1.82) is 0 Å². The van der Waals surface area contributed by atoms with Gasteiger partial charge in [-0.25, -0.2) is 0 Å². The van der Waals surface area contributed by atoms with Gasteiger partial charge in [-0.15, -0.1) is 0 Å². The number of nitrogens with zero attached hydrogens (tertiary/aromatic N) is 1. The van der Waals surface area contributed by atoms with E-state index in [1.54, 1.807) is 0 Å². The Bertz CT molecular complexity index is 1100. The Morgan fingerprint density at radius 2 is 1.31 bits per heavy atom. The molecule has 3 rings (SSSR count). The van der Waals surface area contributed by atoms with Gasteiger partial charge in [-0.1, -0.05) is 99.6 Å². The molecule has 0 heterocycles. The normalized spacial score (nSPS) is 12.3. The largest absolute Gasteiger partial charge is 0.387 e. The minimum atomic E-state index is -0.0943. The van der Waals surface area contributed by atoms with Gasteiger partial charge in [0.15, 0.2) is 0 Å². The van der Waals surface area contributed by atoms with E-state index < -0.39 is 0 Å². The van der Waals surface area contributed by atoms with Crippen molar-refractivity contribution < 1.29 is 4.79 Å². The number of nitrogens with one attached hydrogen (secondary N) is 2. The summed E-state index contributed by atoms with van der Waals surface area (Å²) in [5.74, 6) is -0.0943. The number of hydrogen-bond donors (Lipinski definition) is 2. The molecule has 4 heteroatoms. The summed E-state index contributed by atoms with van der Waals surface area (Å²) < 4.78 is 0. The van der Waals surface area contributed by atoms with E-state index in [9.17, 15) is 4.79 Å². The topological polar surface area (TPSA) is 53.5 Å². The van der Waals surface area contributed by atoms with Crippen LogP contribution in [0.4, 0.5) is 0 Å². The van der Waals surface area contributed by atoms with Gasteiger partial charge in [0.25, 0.3) is 5.91 Å². The first-order valence-electron chi connectivity index (χ1n) is 12.3. The third kappa shape index (κ3) is 10.0. The summed E-state index contributed by atoms with van der Waals surface area (Å²) in [5, 5.41) is 6.64. The number of aliphatic imine (C=N–C) groups is 1. The van der Waals surface area contributed by atoms with Crippen molar-refractivity contribution >= 4 is 11.6 Å². The summed E-state index contributed by atoms with van der Waals surface area (Å²) in [6.07, 6.45) is 4.45. The second kappa shape index (κ2) is 13.3. The fourth-order valence-electron chi connectivity index (χ4n) is 3.60. The average Bonchev–Trinajstić information content (AvgIpc) is 2.86. The predicted molar refractivity (Wildman–Crippen MR) is 147 cm³/mol. The molecule has 0 aliphatic carbocycles. The molecule has 0 unspecified atom stereocenters. The molecule has 0 atom stereocenters. The molecule has 0 spiro atoms. The van der Waals surface area contributed by atoms with Crippen LogP contribution in [0.15, 0.2) is 108 Å². The number of amides is 1. The van der Waals surface area contributed by atoms with E-state index in [0.717, 1.165) is 30.8 Å². The van der Waals surface area contributed by atoms with E-state index in [-0.39, 0.29) is 11.3 Å². The van der Waals surface area contributed by atoms with Crippen molar-refractivity contribution in [2.45, 2.75) is 40.0 Å². The monoisotopic (exact) mass is 467 g/mol. The van der Waals surface area contributed by atoms with Crippen molar-refractivity contribution in [3.05, 3.63) is 120 Å². The molecule has 0 fully saturated rings. The maximum atomic E-state index is 12.6. The molecule has 182 valence electrons. The van der Waals surface area contributed by atoms with Crippen LogP contribution in [0.3, 0.4) is 0 Å². The lowest BCUT2D eigenvalue weighted by atomic mass is 9.92. The van der Waals surface area contributed by atoms with Crippen molar-refractivity contribution in [2.75, 3.05) is 13.1 Å².